The largest absolute Gasteiger partial charge is 0.483 e. The minimum Gasteiger partial charge on any atom is -0.483 e. The average Bonchev–Trinajstić information content (AvgIpc) is 3.38. The Balaban J connectivity index is 1.33. The van der Waals surface area contributed by atoms with Gasteiger partial charge in [-0.1, -0.05) is 47.7 Å². The van der Waals surface area contributed by atoms with Crippen LogP contribution in [-0.4, -0.2) is 31.4 Å². The van der Waals surface area contributed by atoms with Crippen molar-refractivity contribution >= 4 is 34.1 Å². The first kappa shape index (κ1) is 24.0. The Morgan fingerprint density at radius 1 is 1.09 bits per heavy atom. The van der Waals surface area contributed by atoms with Gasteiger partial charge >= 0.3 is 0 Å². The van der Waals surface area contributed by atoms with E-state index < -0.39 is 0 Å². The van der Waals surface area contributed by atoms with Gasteiger partial charge in [-0.15, -0.1) is 21.5 Å². The van der Waals surface area contributed by atoms with Gasteiger partial charge in [0.15, 0.2) is 22.2 Å². The lowest BCUT2D eigenvalue weighted by atomic mass is 10.1. The molecule has 0 bridgehead atoms. The zero-order valence-corrected chi connectivity index (χ0v) is 21.5. The maximum absolute atomic E-state index is 12.5. The maximum Gasteiger partial charge on any atom is 0.236 e. The number of thioether (sulfide) groups is 1. The summed E-state index contributed by atoms with van der Waals surface area (Å²) < 4.78 is 7.95. The first-order chi connectivity index (χ1) is 16.3. The molecule has 0 radical (unpaired) electrons. The lowest BCUT2D eigenvalue weighted by molar-refractivity contribution is -0.113. The molecule has 1 unspecified atom stereocenters. The van der Waals surface area contributed by atoms with Crippen molar-refractivity contribution in [1.82, 2.24) is 19.7 Å². The summed E-state index contributed by atoms with van der Waals surface area (Å²) in [6.07, 6.45) is -0.280. The van der Waals surface area contributed by atoms with E-state index >= 15 is 0 Å². The number of hydrogen-bond acceptors (Lipinski definition) is 7. The molecular formula is C25H27N5O2S2. The Bertz CT molecular complexity index is 1280. The summed E-state index contributed by atoms with van der Waals surface area (Å²) in [6.45, 7) is 8.08. The average molecular weight is 494 g/mol. The number of nitrogens with zero attached hydrogens (tertiary/aromatic N) is 4. The number of hydrogen-bond donors (Lipinski definition) is 1. The number of aromatic nitrogens is 4. The number of amides is 1. The van der Waals surface area contributed by atoms with E-state index in [1.165, 1.54) is 28.7 Å². The smallest absolute Gasteiger partial charge is 0.236 e. The van der Waals surface area contributed by atoms with Gasteiger partial charge in [0.05, 0.1) is 11.4 Å². The number of anilines is 1. The highest BCUT2D eigenvalue weighted by Crippen LogP contribution is 2.27. The van der Waals surface area contributed by atoms with Crippen LogP contribution in [0.25, 0.3) is 11.3 Å². The zero-order valence-electron chi connectivity index (χ0n) is 19.8. The molecule has 4 rings (SSSR count). The molecule has 0 spiro atoms. The summed E-state index contributed by atoms with van der Waals surface area (Å²) in [6, 6.07) is 14.3. The van der Waals surface area contributed by atoms with E-state index in [4.69, 9.17) is 4.74 Å². The lowest BCUT2D eigenvalue weighted by Crippen LogP contribution is -2.14. The molecule has 0 fully saturated rings. The summed E-state index contributed by atoms with van der Waals surface area (Å²) in [5, 5.41) is 14.6. The third-order valence-corrected chi connectivity index (χ3v) is 6.95. The molecule has 1 atom stereocenters. The van der Waals surface area contributed by atoms with Crippen molar-refractivity contribution in [2.45, 2.75) is 39.0 Å². The minimum absolute atomic E-state index is 0.140. The summed E-state index contributed by atoms with van der Waals surface area (Å²) in [5.74, 6) is 1.57. The van der Waals surface area contributed by atoms with Crippen LogP contribution < -0.4 is 10.1 Å². The fraction of sp³-hybridized carbons (Fsp3) is 0.280. The maximum atomic E-state index is 12.5. The third-order valence-electron chi connectivity index (χ3n) is 5.17. The zero-order chi connectivity index (χ0) is 24.2. The molecule has 2 aromatic carbocycles. The van der Waals surface area contributed by atoms with Crippen molar-refractivity contribution in [2.75, 3.05) is 11.1 Å². The second kappa shape index (κ2) is 10.4. The second-order valence-electron chi connectivity index (χ2n) is 8.22. The van der Waals surface area contributed by atoms with Gasteiger partial charge in [-0.2, -0.15) is 0 Å². The Labute approximate surface area is 207 Å². The van der Waals surface area contributed by atoms with E-state index in [9.17, 15) is 4.79 Å². The van der Waals surface area contributed by atoms with Crippen molar-refractivity contribution in [3.8, 4) is 17.0 Å². The monoisotopic (exact) mass is 493 g/mol. The van der Waals surface area contributed by atoms with Crippen LogP contribution in [0.4, 0.5) is 5.13 Å². The predicted octanol–water partition coefficient (Wildman–Crippen LogP) is 5.73. The van der Waals surface area contributed by atoms with Crippen molar-refractivity contribution in [3.05, 3.63) is 70.4 Å². The SMILES string of the molecule is Cc1ccc(-c2csc(NC(=O)CSc3nnc(C(C)Oc4cc(C)cc(C)c4)n3C)n2)cc1. The van der Waals surface area contributed by atoms with Gasteiger partial charge in [0.1, 0.15) is 5.75 Å². The molecule has 0 aliphatic carbocycles. The molecule has 176 valence electrons. The first-order valence-corrected chi connectivity index (χ1v) is 12.7. The molecule has 1 amide bonds. The van der Waals surface area contributed by atoms with E-state index in [2.05, 4.69) is 26.6 Å². The summed E-state index contributed by atoms with van der Waals surface area (Å²) in [5.41, 5.74) is 5.37. The Hall–Kier alpha value is -3.17. The number of rotatable bonds is 8. The van der Waals surface area contributed by atoms with Crippen LogP contribution in [0.3, 0.4) is 0 Å². The van der Waals surface area contributed by atoms with Gasteiger partial charge in [-0.25, -0.2) is 4.98 Å². The topological polar surface area (TPSA) is 81.9 Å². The number of benzene rings is 2. The molecule has 0 aliphatic rings. The molecule has 0 saturated heterocycles. The molecule has 9 heteroatoms. The van der Waals surface area contributed by atoms with E-state index in [0.717, 1.165) is 28.1 Å². The van der Waals surface area contributed by atoms with Crippen LogP contribution in [0.1, 0.15) is 35.5 Å². The van der Waals surface area contributed by atoms with Crippen LogP contribution in [0.5, 0.6) is 5.75 Å². The van der Waals surface area contributed by atoms with Crippen LogP contribution in [0, 0.1) is 20.8 Å². The number of aryl methyl sites for hydroxylation is 3. The number of thiazole rings is 1. The lowest BCUT2D eigenvalue weighted by Gasteiger charge is -2.15. The Morgan fingerprint density at radius 2 is 1.79 bits per heavy atom. The first-order valence-electron chi connectivity index (χ1n) is 10.9. The minimum atomic E-state index is -0.280. The number of ether oxygens (including phenoxy) is 1. The van der Waals surface area contributed by atoms with Crippen LogP contribution in [0.2, 0.25) is 0 Å². The molecule has 2 aromatic heterocycles. The van der Waals surface area contributed by atoms with Crippen molar-refractivity contribution in [1.29, 1.82) is 0 Å². The Kier molecular flexibility index (Phi) is 7.33. The van der Waals surface area contributed by atoms with Gasteiger partial charge in [0.25, 0.3) is 0 Å². The molecule has 4 aromatic rings. The standard InChI is InChI=1S/C25H27N5O2S2/c1-15-6-8-19(9-7-15)21-13-33-24(26-21)27-22(31)14-34-25-29-28-23(30(25)5)18(4)32-20-11-16(2)10-17(3)12-20/h6-13,18H,14H2,1-5H3,(H,26,27,31). The highest BCUT2D eigenvalue weighted by atomic mass is 32.2. The molecule has 7 nitrogen and oxygen atoms in total. The summed E-state index contributed by atoms with van der Waals surface area (Å²) in [7, 11) is 1.88. The molecular weight excluding hydrogens is 466 g/mol. The molecule has 1 N–H and O–H groups in total. The van der Waals surface area contributed by atoms with Gasteiger partial charge in [-0.3, -0.25) is 4.79 Å². The predicted molar refractivity (Wildman–Crippen MR) is 138 cm³/mol. The summed E-state index contributed by atoms with van der Waals surface area (Å²) in [4.78, 5) is 17.0. The molecule has 0 aliphatic heterocycles. The van der Waals surface area contributed by atoms with Crippen LogP contribution >= 0.6 is 23.1 Å². The van der Waals surface area contributed by atoms with Gasteiger partial charge in [0, 0.05) is 18.0 Å². The van der Waals surface area contributed by atoms with E-state index in [0.29, 0.717) is 16.1 Å². The van der Waals surface area contributed by atoms with Gasteiger partial charge in [0.2, 0.25) is 5.91 Å². The van der Waals surface area contributed by atoms with E-state index in [1.54, 1.807) is 0 Å². The van der Waals surface area contributed by atoms with Crippen LogP contribution in [0.15, 0.2) is 53.0 Å². The van der Waals surface area contributed by atoms with Gasteiger partial charge in [-0.05, 0) is 51.0 Å². The fourth-order valence-electron chi connectivity index (χ4n) is 3.54. The quantitative estimate of drug-likeness (QED) is 0.316. The van der Waals surface area contributed by atoms with E-state index in [1.807, 2.05) is 81.1 Å². The highest BCUT2D eigenvalue weighted by Gasteiger charge is 2.18. The third kappa shape index (κ3) is 5.84. The molecule has 2 heterocycles. The van der Waals surface area contributed by atoms with Gasteiger partial charge < -0.3 is 14.6 Å². The second-order valence-corrected chi connectivity index (χ2v) is 10.0. The van der Waals surface area contributed by atoms with Crippen molar-refractivity contribution in [2.24, 2.45) is 7.05 Å². The number of carbonyl (C=O) groups is 1. The molecule has 34 heavy (non-hydrogen) atoms. The van der Waals surface area contributed by atoms with Crippen molar-refractivity contribution in [3.63, 3.8) is 0 Å². The number of carbonyl (C=O) groups excluding carboxylic acids is 1. The highest BCUT2D eigenvalue weighted by molar-refractivity contribution is 7.99. The van der Waals surface area contributed by atoms with Crippen LogP contribution in [-0.2, 0) is 11.8 Å². The fourth-order valence-corrected chi connectivity index (χ4v) is 4.99. The molecule has 0 saturated carbocycles. The normalized spacial score (nSPS) is 11.9. The summed E-state index contributed by atoms with van der Waals surface area (Å²) >= 11 is 2.74. The van der Waals surface area contributed by atoms with E-state index in [-0.39, 0.29) is 17.8 Å². The number of nitrogens with one attached hydrogen (secondary N) is 1. The van der Waals surface area contributed by atoms with Crippen molar-refractivity contribution < 1.29 is 9.53 Å². The Morgan fingerprint density at radius 3 is 2.50 bits per heavy atom.